The van der Waals surface area contributed by atoms with E-state index < -0.39 is 16.0 Å². The summed E-state index contributed by atoms with van der Waals surface area (Å²) in [6.07, 6.45) is 0. The standard InChI is InChI=1S/2C5H9NOS2.C2H4OS.Sb/c2*8-5(9)6-1-3-7-4-2-6;1-2(3)4;/h2*1-4H2,(H,8,9);1H3,(H,3,4);/q;;;+3/p-3. The van der Waals surface area contributed by atoms with Crippen LogP contribution in [0.5, 0.6) is 0 Å². The van der Waals surface area contributed by atoms with E-state index in [-0.39, 0.29) is 5.12 Å². The zero-order chi connectivity index (χ0) is 16.7. The van der Waals surface area contributed by atoms with Gasteiger partial charge in [-0.2, -0.15) is 0 Å². The molecule has 0 spiro atoms. The molecule has 0 aliphatic carbocycles. The van der Waals surface area contributed by atoms with Crippen LogP contribution in [0.1, 0.15) is 6.92 Å². The van der Waals surface area contributed by atoms with Gasteiger partial charge >= 0.3 is 164 Å². The van der Waals surface area contributed by atoms with Gasteiger partial charge in [-0.15, -0.1) is 0 Å². The summed E-state index contributed by atoms with van der Waals surface area (Å²) < 4.78 is 12.5. The normalized spacial score (nSPS) is 19.0. The number of rotatable bonds is 3. The number of carbonyl (C=O) groups excluding carboxylic acids is 1. The molecular formula is C12H19N2O3S5Sb. The second kappa shape index (κ2) is 11.1. The van der Waals surface area contributed by atoms with Crippen LogP contribution in [0.15, 0.2) is 0 Å². The Balaban J connectivity index is 1.88. The monoisotopic (exact) mass is 520 g/mol. The Bertz CT molecular complexity index is 412. The van der Waals surface area contributed by atoms with Crippen LogP contribution in [0.2, 0.25) is 0 Å². The second-order valence-corrected chi connectivity index (χ2v) is 25.9. The van der Waals surface area contributed by atoms with E-state index >= 15 is 0 Å². The van der Waals surface area contributed by atoms with Gasteiger partial charge in [0.05, 0.1) is 0 Å². The van der Waals surface area contributed by atoms with E-state index in [2.05, 4.69) is 9.80 Å². The summed E-state index contributed by atoms with van der Waals surface area (Å²) in [5.74, 6) is 0. The molecule has 0 unspecified atom stereocenters. The van der Waals surface area contributed by atoms with Gasteiger partial charge < -0.3 is 0 Å². The van der Waals surface area contributed by atoms with Crippen LogP contribution in [0.4, 0.5) is 0 Å². The van der Waals surface area contributed by atoms with Crippen molar-refractivity contribution in [2.75, 3.05) is 52.6 Å². The average Bonchev–Trinajstić information content (AvgIpc) is 2.55. The third-order valence-electron chi connectivity index (χ3n) is 3.05. The zero-order valence-electron chi connectivity index (χ0n) is 12.8. The molecule has 0 bridgehead atoms. The van der Waals surface area contributed by atoms with Crippen molar-refractivity contribution in [3.63, 3.8) is 0 Å². The summed E-state index contributed by atoms with van der Waals surface area (Å²) in [5.41, 5.74) is 0. The summed E-state index contributed by atoms with van der Waals surface area (Å²) >= 11 is 9.06. The minimum atomic E-state index is -2.09. The third kappa shape index (κ3) is 7.56. The maximum atomic E-state index is 11.6. The van der Waals surface area contributed by atoms with Gasteiger partial charge in [0.1, 0.15) is 0 Å². The first-order valence-corrected chi connectivity index (χ1v) is 19.7. The van der Waals surface area contributed by atoms with Crippen molar-refractivity contribution in [3.05, 3.63) is 0 Å². The summed E-state index contributed by atoms with van der Waals surface area (Å²) in [7, 11) is 4.90. The van der Waals surface area contributed by atoms with Crippen molar-refractivity contribution in [1.29, 1.82) is 0 Å². The van der Waals surface area contributed by atoms with Crippen LogP contribution >= 0.6 is 51.0 Å². The molecule has 2 rings (SSSR count). The summed E-state index contributed by atoms with van der Waals surface area (Å²) in [6, 6.07) is 0. The van der Waals surface area contributed by atoms with Crippen molar-refractivity contribution < 1.29 is 14.3 Å². The molecule has 2 fully saturated rings. The van der Waals surface area contributed by atoms with Gasteiger partial charge in [-0.05, 0) is 0 Å². The second-order valence-electron chi connectivity index (χ2n) is 4.72. The van der Waals surface area contributed by atoms with Gasteiger partial charge in [-0.25, -0.2) is 0 Å². The number of thiocarbonyl (C=S) groups is 2. The molecule has 5 nitrogen and oxygen atoms in total. The maximum absolute atomic E-state index is 11.6. The summed E-state index contributed by atoms with van der Waals surface area (Å²) in [5, 5.41) is 0.155. The van der Waals surface area contributed by atoms with Crippen LogP contribution in [-0.4, -0.2) is 92.2 Å². The van der Waals surface area contributed by atoms with Crippen molar-refractivity contribution in [2.45, 2.75) is 6.92 Å². The van der Waals surface area contributed by atoms with Gasteiger partial charge in [0.2, 0.25) is 0 Å². The van der Waals surface area contributed by atoms with Crippen molar-refractivity contribution in [2.24, 2.45) is 0 Å². The van der Waals surface area contributed by atoms with Gasteiger partial charge in [-0.3, -0.25) is 0 Å². The summed E-state index contributed by atoms with van der Waals surface area (Å²) in [4.78, 5) is 16.0. The molecule has 11 heteroatoms. The fourth-order valence-corrected chi connectivity index (χ4v) is 29.3. The Hall–Kier alpha value is 1.24. The van der Waals surface area contributed by atoms with E-state index in [0.29, 0.717) is 0 Å². The predicted octanol–water partition coefficient (Wildman–Crippen LogP) is 1.95. The molecule has 2 heterocycles. The topological polar surface area (TPSA) is 42.0 Å². The average molecular weight is 521 g/mol. The van der Waals surface area contributed by atoms with E-state index in [9.17, 15) is 4.79 Å². The molecule has 130 valence electrons. The minimum absolute atomic E-state index is 0.155. The molecule has 2 aliphatic heterocycles. The Kier molecular flexibility index (Phi) is 9.88. The molecular weight excluding hydrogens is 502 g/mol. The fraction of sp³-hybridized carbons (Fsp3) is 0.750. The van der Waals surface area contributed by atoms with Crippen molar-refractivity contribution >= 4 is 80.7 Å². The first kappa shape index (κ1) is 20.5. The first-order valence-electron chi connectivity index (χ1n) is 7.14. The van der Waals surface area contributed by atoms with Gasteiger partial charge in [0.25, 0.3) is 0 Å². The molecule has 0 radical (unpaired) electrons. The SMILES string of the molecule is CC(=O)[S][Sb]([S]C(=S)N1CCOCC1)[S]C(=S)N1CCOCC1. The predicted molar refractivity (Wildman–Crippen MR) is 109 cm³/mol. The molecule has 0 aromatic carbocycles. The van der Waals surface area contributed by atoms with Gasteiger partial charge in [0, 0.05) is 0 Å². The van der Waals surface area contributed by atoms with Crippen LogP contribution in [0.3, 0.4) is 0 Å². The van der Waals surface area contributed by atoms with E-state index in [0.717, 1.165) is 61.2 Å². The first-order chi connectivity index (χ1) is 11.1. The van der Waals surface area contributed by atoms with Crippen molar-refractivity contribution in [3.8, 4) is 0 Å². The van der Waals surface area contributed by atoms with E-state index in [4.69, 9.17) is 33.9 Å². The Labute approximate surface area is 163 Å². The zero-order valence-corrected chi connectivity index (χ0v) is 19.4. The number of nitrogens with zero attached hydrogens (tertiary/aromatic N) is 2. The number of hydrogen-bond acceptors (Lipinski definition) is 8. The van der Waals surface area contributed by atoms with E-state index in [1.807, 2.05) is 0 Å². The molecule has 23 heavy (non-hydrogen) atoms. The van der Waals surface area contributed by atoms with E-state index in [1.165, 1.54) is 8.85 Å². The van der Waals surface area contributed by atoms with Crippen LogP contribution < -0.4 is 0 Å². The quantitative estimate of drug-likeness (QED) is 0.407. The van der Waals surface area contributed by atoms with Crippen molar-refractivity contribution in [1.82, 2.24) is 9.80 Å². The van der Waals surface area contributed by atoms with Crippen LogP contribution in [0, 0.1) is 0 Å². The molecule has 0 amide bonds. The molecule has 0 aromatic rings. The Morgan fingerprint density at radius 1 is 0.870 bits per heavy atom. The summed E-state index contributed by atoms with van der Waals surface area (Å²) in [6.45, 7) is 7.85. The number of ether oxygens (including phenoxy) is 2. The molecule has 0 saturated carbocycles. The third-order valence-corrected chi connectivity index (χ3v) is 25.8. The number of hydrogen-bond donors (Lipinski definition) is 0. The molecule has 0 aromatic heterocycles. The fourth-order valence-electron chi connectivity index (χ4n) is 1.90. The number of morpholine rings is 2. The van der Waals surface area contributed by atoms with Gasteiger partial charge in [0.15, 0.2) is 0 Å². The van der Waals surface area contributed by atoms with Gasteiger partial charge in [-0.1, -0.05) is 0 Å². The van der Waals surface area contributed by atoms with Crippen LogP contribution in [-0.2, 0) is 14.3 Å². The molecule has 2 aliphatic rings. The van der Waals surface area contributed by atoms with E-state index in [1.54, 1.807) is 24.6 Å². The molecule has 2 saturated heterocycles. The Morgan fingerprint density at radius 3 is 1.61 bits per heavy atom. The molecule has 0 N–H and O–H groups in total. The Morgan fingerprint density at radius 2 is 1.26 bits per heavy atom. The molecule has 0 atom stereocenters. The van der Waals surface area contributed by atoms with Crippen LogP contribution in [0.25, 0.3) is 0 Å². The number of carbonyl (C=O) groups is 1.